The molecule has 25 heavy (non-hydrogen) atoms. The number of nitrogens with one attached hydrogen (secondary N) is 1. The van der Waals surface area contributed by atoms with E-state index in [2.05, 4.69) is 5.32 Å². The number of amides is 1. The lowest BCUT2D eigenvalue weighted by molar-refractivity contribution is -0.129. The number of thioether (sulfide) groups is 1. The molecule has 0 aliphatic rings. The van der Waals surface area contributed by atoms with E-state index in [-0.39, 0.29) is 11.7 Å². The monoisotopic (exact) mass is 361 g/mol. The van der Waals surface area contributed by atoms with Crippen molar-refractivity contribution in [2.24, 2.45) is 0 Å². The van der Waals surface area contributed by atoms with Gasteiger partial charge >= 0.3 is 5.97 Å². The highest BCUT2D eigenvalue weighted by atomic mass is 32.2. The van der Waals surface area contributed by atoms with Crippen LogP contribution in [-0.4, -0.2) is 30.8 Å². The Morgan fingerprint density at radius 2 is 1.76 bits per heavy atom. The molecule has 0 heterocycles. The van der Waals surface area contributed by atoms with Gasteiger partial charge < -0.3 is 10.1 Å². The predicted molar refractivity (Wildman–Crippen MR) is 96.2 cm³/mol. The Bertz CT molecular complexity index is 716. The highest BCUT2D eigenvalue weighted by Gasteiger charge is 2.18. The molecule has 0 aliphatic heterocycles. The molecule has 0 bridgehead atoms. The molecular weight excluding hydrogens is 341 g/mol. The van der Waals surface area contributed by atoms with Gasteiger partial charge in [0.05, 0.1) is 5.56 Å². The second-order valence-corrected chi connectivity index (χ2v) is 6.32. The summed E-state index contributed by atoms with van der Waals surface area (Å²) in [5, 5.41) is 2.71. The molecule has 1 N–H and O–H groups in total. The van der Waals surface area contributed by atoms with Gasteiger partial charge in [0.15, 0.2) is 6.10 Å². The normalized spacial score (nSPS) is 11.6. The summed E-state index contributed by atoms with van der Waals surface area (Å²) in [5.74, 6) is -1.19. The maximum atomic E-state index is 12.8. The fraction of sp³-hybridized carbons (Fsp3) is 0.263. The maximum Gasteiger partial charge on any atom is 0.338 e. The van der Waals surface area contributed by atoms with Gasteiger partial charge in [-0.25, -0.2) is 9.18 Å². The fourth-order valence-electron chi connectivity index (χ4n) is 2.13. The second kappa shape index (κ2) is 9.22. The Labute approximate surface area is 150 Å². The van der Waals surface area contributed by atoms with Crippen LogP contribution in [-0.2, 0) is 16.0 Å². The molecule has 2 aromatic rings. The molecule has 1 atom stereocenters. The third-order valence-electron chi connectivity index (χ3n) is 3.60. The lowest BCUT2D eigenvalue weighted by atomic mass is 10.1. The van der Waals surface area contributed by atoms with Crippen molar-refractivity contribution in [1.29, 1.82) is 0 Å². The first-order valence-corrected chi connectivity index (χ1v) is 9.09. The first kappa shape index (κ1) is 19.0. The summed E-state index contributed by atoms with van der Waals surface area (Å²) in [6.07, 6.45) is 1.63. The van der Waals surface area contributed by atoms with E-state index in [1.165, 1.54) is 19.1 Å². The van der Waals surface area contributed by atoms with Crippen molar-refractivity contribution < 1.29 is 18.7 Å². The number of ether oxygens (including phenoxy) is 1. The number of esters is 1. The first-order valence-electron chi connectivity index (χ1n) is 7.87. The minimum atomic E-state index is -0.888. The van der Waals surface area contributed by atoms with Crippen LogP contribution >= 0.6 is 11.8 Å². The molecule has 0 aromatic heterocycles. The summed E-state index contributed by atoms with van der Waals surface area (Å²) < 4.78 is 18.0. The van der Waals surface area contributed by atoms with Gasteiger partial charge in [-0.1, -0.05) is 12.1 Å². The number of rotatable bonds is 7. The van der Waals surface area contributed by atoms with E-state index in [1.54, 1.807) is 36.0 Å². The van der Waals surface area contributed by atoms with E-state index >= 15 is 0 Å². The van der Waals surface area contributed by atoms with Crippen molar-refractivity contribution in [2.75, 3.05) is 12.8 Å². The molecule has 0 spiro atoms. The Hall–Kier alpha value is -2.34. The molecule has 1 amide bonds. The summed E-state index contributed by atoms with van der Waals surface area (Å²) in [5.41, 5.74) is 1.32. The van der Waals surface area contributed by atoms with Crippen LogP contribution in [0.1, 0.15) is 22.8 Å². The Morgan fingerprint density at radius 1 is 1.12 bits per heavy atom. The number of hydrogen-bond acceptors (Lipinski definition) is 4. The second-order valence-electron chi connectivity index (χ2n) is 5.44. The average molecular weight is 361 g/mol. The van der Waals surface area contributed by atoms with Crippen LogP contribution in [0.25, 0.3) is 0 Å². The lowest BCUT2D eigenvalue weighted by Gasteiger charge is -2.13. The zero-order chi connectivity index (χ0) is 18.2. The summed E-state index contributed by atoms with van der Waals surface area (Å²) >= 11 is 1.58. The van der Waals surface area contributed by atoms with E-state index in [9.17, 15) is 14.0 Å². The van der Waals surface area contributed by atoms with Crippen molar-refractivity contribution in [1.82, 2.24) is 5.32 Å². The highest BCUT2D eigenvalue weighted by molar-refractivity contribution is 7.98. The third kappa shape index (κ3) is 5.90. The van der Waals surface area contributed by atoms with Crippen LogP contribution < -0.4 is 5.32 Å². The van der Waals surface area contributed by atoms with Crippen molar-refractivity contribution in [3.05, 3.63) is 65.5 Å². The average Bonchev–Trinajstić information content (AvgIpc) is 2.63. The summed E-state index contributed by atoms with van der Waals surface area (Å²) in [6, 6.07) is 13.1. The van der Waals surface area contributed by atoms with E-state index < -0.39 is 12.1 Å². The van der Waals surface area contributed by atoms with Gasteiger partial charge in [0.1, 0.15) is 5.82 Å². The van der Waals surface area contributed by atoms with Crippen LogP contribution in [0.2, 0.25) is 0 Å². The molecule has 2 aromatic carbocycles. The zero-order valence-electron chi connectivity index (χ0n) is 14.1. The molecule has 0 fully saturated rings. The van der Waals surface area contributed by atoms with E-state index in [0.29, 0.717) is 18.5 Å². The number of benzene rings is 2. The Balaban J connectivity index is 1.78. The topological polar surface area (TPSA) is 55.4 Å². The SMILES string of the molecule is CSc1ccc(C(=O)O[C@H](C)C(=O)NCCc2ccc(F)cc2)cc1. The van der Waals surface area contributed by atoms with Crippen molar-refractivity contribution >= 4 is 23.6 Å². The van der Waals surface area contributed by atoms with E-state index in [4.69, 9.17) is 4.74 Å². The number of hydrogen-bond donors (Lipinski definition) is 1. The van der Waals surface area contributed by atoms with Crippen LogP contribution in [0, 0.1) is 5.82 Å². The van der Waals surface area contributed by atoms with Crippen molar-refractivity contribution in [2.45, 2.75) is 24.3 Å². The van der Waals surface area contributed by atoms with Crippen LogP contribution in [0.5, 0.6) is 0 Å². The molecule has 132 valence electrons. The lowest BCUT2D eigenvalue weighted by Crippen LogP contribution is -2.36. The number of carbonyl (C=O) groups excluding carboxylic acids is 2. The molecule has 2 rings (SSSR count). The Kier molecular flexibility index (Phi) is 7.01. The summed E-state index contributed by atoms with van der Waals surface area (Å²) in [7, 11) is 0. The van der Waals surface area contributed by atoms with Crippen LogP contribution in [0.4, 0.5) is 4.39 Å². The molecule has 0 radical (unpaired) electrons. The third-order valence-corrected chi connectivity index (χ3v) is 4.35. The predicted octanol–water partition coefficient (Wildman–Crippen LogP) is 3.45. The standard InChI is InChI=1S/C19H20FNO3S/c1-13(24-19(23)15-5-9-17(25-2)10-6-15)18(22)21-12-11-14-3-7-16(20)8-4-14/h3-10,13H,11-12H2,1-2H3,(H,21,22)/t13-/m1/s1. The van der Waals surface area contributed by atoms with Gasteiger partial charge in [-0.2, -0.15) is 0 Å². The number of carbonyl (C=O) groups is 2. The van der Waals surface area contributed by atoms with E-state index in [0.717, 1.165) is 10.5 Å². The fourth-order valence-corrected chi connectivity index (χ4v) is 2.54. The highest BCUT2D eigenvalue weighted by Crippen LogP contribution is 2.15. The summed E-state index contributed by atoms with van der Waals surface area (Å²) in [4.78, 5) is 25.1. The smallest absolute Gasteiger partial charge is 0.338 e. The van der Waals surface area contributed by atoms with Gasteiger partial charge in [0, 0.05) is 11.4 Å². The van der Waals surface area contributed by atoms with E-state index in [1.807, 2.05) is 18.4 Å². The van der Waals surface area contributed by atoms with Gasteiger partial charge in [-0.05, 0) is 61.6 Å². The zero-order valence-corrected chi connectivity index (χ0v) is 14.9. The maximum absolute atomic E-state index is 12.8. The molecule has 0 unspecified atom stereocenters. The molecule has 0 saturated heterocycles. The van der Waals surface area contributed by atoms with Crippen LogP contribution in [0.15, 0.2) is 53.4 Å². The van der Waals surface area contributed by atoms with Gasteiger partial charge in [0.25, 0.3) is 5.91 Å². The molecule has 0 saturated carbocycles. The van der Waals surface area contributed by atoms with Gasteiger partial charge in [-0.3, -0.25) is 4.79 Å². The molecule has 4 nitrogen and oxygen atoms in total. The minimum Gasteiger partial charge on any atom is -0.449 e. The summed E-state index contributed by atoms with van der Waals surface area (Å²) in [6.45, 7) is 1.91. The largest absolute Gasteiger partial charge is 0.449 e. The van der Waals surface area contributed by atoms with Gasteiger partial charge in [-0.15, -0.1) is 11.8 Å². The van der Waals surface area contributed by atoms with Crippen molar-refractivity contribution in [3.63, 3.8) is 0 Å². The minimum absolute atomic E-state index is 0.293. The quantitative estimate of drug-likeness (QED) is 0.606. The first-order chi connectivity index (χ1) is 12.0. The van der Waals surface area contributed by atoms with Crippen LogP contribution in [0.3, 0.4) is 0 Å². The Morgan fingerprint density at radius 3 is 2.36 bits per heavy atom. The van der Waals surface area contributed by atoms with Crippen molar-refractivity contribution in [3.8, 4) is 0 Å². The van der Waals surface area contributed by atoms with Gasteiger partial charge in [0.2, 0.25) is 0 Å². The molecule has 0 aliphatic carbocycles. The molecule has 6 heteroatoms. The molecular formula is C19H20FNO3S. The number of halogens is 1.